The molecule has 4 nitrogen and oxygen atoms in total. The third-order valence-electron chi connectivity index (χ3n) is 2.59. The van der Waals surface area contributed by atoms with Crippen molar-refractivity contribution < 1.29 is 9.53 Å². The van der Waals surface area contributed by atoms with Crippen molar-refractivity contribution in [3.8, 4) is 0 Å². The van der Waals surface area contributed by atoms with E-state index in [1.165, 1.54) is 0 Å². The molecule has 0 saturated carbocycles. The summed E-state index contributed by atoms with van der Waals surface area (Å²) in [6.45, 7) is 3.84. The van der Waals surface area contributed by atoms with Gasteiger partial charge in [-0.25, -0.2) is 4.79 Å². The molecule has 2 aromatic rings. The fourth-order valence-corrected chi connectivity index (χ4v) is 1.83. The van der Waals surface area contributed by atoms with Gasteiger partial charge >= 0.3 is 5.97 Å². The predicted octanol–water partition coefficient (Wildman–Crippen LogP) is 2.30. The molecular weight excluding hydrogens is 216 g/mol. The van der Waals surface area contributed by atoms with Crippen LogP contribution in [0.25, 0.3) is 10.9 Å². The zero-order valence-electron chi connectivity index (χ0n) is 9.86. The normalized spacial score (nSPS) is 10.5. The SMILES string of the molecule is CCOC(=O)c1c(C)nc2ccccc2c1N. The van der Waals surface area contributed by atoms with E-state index in [9.17, 15) is 4.79 Å². The second-order valence-electron chi connectivity index (χ2n) is 3.72. The number of nitrogens with two attached hydrogens (primary N) is 1. The molecule has 1 aromatic carbocycles. The molecule has 1 heterocycles. The van der Waals surface area contributed by atoms with E-state index in [-0.39, 0.29) is 0 Å². The lowest BCUT2D eigenvalue weighted by Gasteiger charge is -2.10. The van der Waals surface area contributed by atoms with Crippen LogP contribution in [0.2, 0.25) is 0 Å². The first kappa shape index (κ1) is 11.4. The van der Waals surface area contributed by atoms with Crippen molar-refractivity contribution in [1.29, 1.82) is 0 Å². The molecule has 0 unspecified atom stereocenters. The largest absolute Gasteiger partial charge is 0.462 e. The van der Waals surface area contributed by atoms with E-state index in [1.807, 2.05) is 24.3 Å². The minimum absolute atomic E-state index is 0.324. The van der Waals surface area contributed by atoms with Crippen LogP contribution in [0.3, 0.4) is 0 Å². The van der Waals surface area contributed by atoms with Gasteiger partial charge in [0.15, 0.2) is 0 Å². The van der Waals surface area contributed by atoms with Crippen molar-refractivity contribution >= 4 is 22.6 Å². The minimum Gasteiger partial charge on any atom is -0.462 e. The number of ether oxygens (including phenoxy) is 1. The number of carbonyl (C=O) groups excluding carboxylic acids is 1. The number of rotatable bonds is 2. The van der Waals surface area contributed by atoms with Crippen LogP contribution >= 0.6 is 0 Å². The third-order valence-corrected chi connectivity index (χ3v) is 2.59. The monoisotopic (exact) mass is 230 g/mol. The smallest absolute Gasteiger partial charge is 0.342 e. The molecule has 0 aliphatic heterocycles. The molecule has 0 bridgehead atoms. The number of aromatic nitrogens is 1. The number of para-hydroxylation sites is 1. The summed E-state index contributed by atoms with van der Waals surface area (Å²) in [7, 11) is 0. The maximum absolute atomic E-state index is 11.8. The van der Waals surface area contributed by atoms with Crippen molar-refractivity contribution in [2.75, 3.05) is 12.3 Å². The van der Waals surface area contributed by atoms with E-state index in [2.05, 4.69) is 4.98 Å². The van der Waals surface area contributed by atoms with Gasteiger partial charge in [0, 0.05) is 5.39 Å². The topological polar surface area (TPSA) is 65.2 Å². The van der Waals surface area contributed by atoms with Crippen LogP contribution in [-0.2, 0) is 4.74 Å². The van der Waals surface area contributed by atoms with Gasteiger partial charge in [0.2, 0.25) is 0 Å². The molecule has 0 spiro atoms. The highest BCUT2D eigenvalue weighted by Gasteiger charge is 2.17. The van der Waals surface area contributed by atoms with Crippen LogP contribution < -0.4 is 5.73 Å². The highest BCUT2D eigenvalue weighted by atomic mass is 16.5. The lowest BCUT2D eigenvalue weighted by atomic mass is 10.1. The first-order chi connectivity index (χ1) is 8.15. The summed E-state index contributed by atoms with van der Waals surface area (Å²) >= 11 is 0. The molecule has 1 aromatic heterocycles. The molecule has 0 amide bonds. The minimum atomic E-state index is -0.416. The van der Waals surface area contributed by atoms with Crippen LogP contribution in [0.15, 0.2) is 24.3 Å². The van der Waals surface area contributed by atoms with Crippen LogP contribution in [0.5, 0.6) is 0 Å². The molecule has 2 N–H and O–H groups in total. The summed E-state index contributed by atoms with van der Waals surface area (Å²) in [5.74, 6) is -0.416. The van der Waals surface area contributed by atoms with E-state index in [4.69, 9.17) is 10.5 Å². The van der Waals surface area contributed by atoms with Gasteiger partial charge in [0.1, 0.15) is 5.56 Å². The Bertz CT molecular complexity index is 579. The Hall–Kier alpha value is -2.10. The Morgan fingerprint density at radius 2 is 2.12 bits per heavy atom. The molecule has 0 atom stereocenters. The molecular formula is C13H14N2O2. The molecule has 17 heavy (non-hydrogen) atoms. The first-order valence-corrected chi connectivity index (χ1v) is 5.47. The fourth-order valence-electron chi connectivity index (χ4n) is 1.83. The van der Waals surface area contributed by atoms with Gasteiger partial charge in [0.05, 0.1) is 23.5 Å². The standard InChI is InChI=1S/C13H14N2O2/c1-3-17-13(16)11-8(2)15-10-7-5-4-6-9(10)12(11)14/h4-7H,3H2,1-2H3,(H2,14,15). The Kier molecular flexibility index (Phi) is 2.95. The summed E-state index contributed by atoms with van der Waals surface area (Å²) in [6, 6.07) is 7.47. The van der Waals surface area contributed by atoms with Crippen LogP contribution in [0, 0.1) is 6.92 Å². The van der Waals surface area contributed by atoms with Crippen molar-refractivity contribution in [3.63, 3.8) is 0 Å². The predicted molar refractivity (Wildman–Crippen MR) is 66.8 cm³/mol. The quantitative estimate of drug-likeness (QED) is 0.804. The second kappa shape index (κ2) is 4.41. The maximum Gasteiger partial charge on any atom is 0.342 e. The number of carbonyl (C=O) groups is 1. The molecule has 88 valence electrons. The maximum atomic E-state index is 11.8. The molecule has 0 aliphatic rings. The number of aryl methyl sites for hydroxylation is 1. The number of fused-ring (bicyclic) bond motifs is 1. The van der Waals surface area contributed by atoms with E-state index >= 15 is 0 Å². The van der Waals surface area contributed by atoms with Crippen molar-refractivity contribution in [1.82, 2.24) is 4.98 Å². The number of hydrogen-bond acceptors (Lipinski definition) is 4. The number of nitrogens with zero attached hydrogens (tertiary/aromatic N) is 1. The van der Waals surface area contributed by atoms with Crippen LogP contribution in [0.1, 0.15) is 23.0 Å². The highest BCUT2D eigenvalue weighted by Crippen LogP contribution is 2.25. The lowest BCUT2D eigenvalue weighted by molar-refractivity contribution is 0.0526. The molecule has 0 fully saturated rings. The van der Waals surface area contributed by atoms with Gasteiger partial charge in [0.25, 0.3) is 0 Å². The molecule has 2 rings (SSSR count). The summed E-state index contributed by atoms with van der Waals surface area (Å²) in [5, 5.41) is 0.779. The van der Waals surface area contributed by atoms with Crippen molar-refractivity contribution in [2.45, 2.75) is 13.8 Å². The zero-order chi connectivity index (χ0) is 12.4. The molecule has 0 aliphatic carbocycles. The summed E-state index contributed by atoms with van der Waals surface area (Å²) in [4.78, 5) is 16.1. The Morgan fingerprint density at radius 1 is 1.41 bits per heavy atom. The van der Waals surface area contributed by atoms with E-state index in [0.717, 1.165) is 10.9 Å². The summed E-state index contributed by atoms with van der Waals surface area (Å²) < 4.78 is 4.98. The number of benzene rings is 1. The van der Waals surface area contributed by atoms with Crippen LogP contribution in [-0.4, -0.2) is 17.6 Å². The van der Waals surface area contributed by atoms with E-state index in [1.54, 1.807) is 13.8 Å². The highest BCUT2D eigenvalue weighted by molar-refractivity contribution is 6.05. The number of esters is 1. The van der Waals surface area contributed by atoms with Gasteiger partial charge in [-0.3, -0.25) is 4.98 Å². The zero-order valence-corrected chi connectivity index (χ0v) is 9.86. The first-order valence-electron chi connectivity index (χ1n) is 5.47. The summed E-state index contributed by atoms with van der Waals surface area (Å²) in [5.41, 5.74) is 8.20. The van der Waals surface area contributed by atoms with Crippen molar-refractivity contribution in [3.05, 3.63) is 35.5 Å². The number of nitrogen functional groups attached to an aromatic ring is 1. The second-order valence-corrected chi connectivity index (χ2v) is 3.72. The molecule has 4 heteroatoms. The summed E-state index contributed by atoms with van der Waals surface area (Å²) in [6.07, 6.45) is 0. The number of pyridine rings is 1. The van der Waals surface area contributed by atoms with Gasteiger partial charge < -0.3 is 10.5 Å². The van der Waals surface area contributed by atoms with Gasteiger partial charge in [-0.1, -0.05) is 18.2 Å². The fraction of sp³-hybridized carbons (Fsp3) is 0.231. The van der Waals surface area contributed by atoms with Crippen LogP contribution in [0.4, 0.5) is 5.69 Å². The third kappa shape index (κ3) is 1.93. The number of hydrogen-bond donors (Lipinski definition) is 1. The van der Waals surface area contributed by atoms with E-state index < -0.39 is 5.97 Å². The average molecular weight is 230 g/mol. The van der Waals surface area contributed by atoms with Gasteiger partial charge in [-0.2, -0.15) is 0 Å². The average Bonchev–Trinajstić information content (AvgIpc) is 2.29. The Labute approximate surface area is 99.4 Å². The number of anilines is 1. The van der Waals surface area contributed by atoms with Gasteiger partial charge in [-0.15, -0.1) is 0 Å². The Morgan fingerprint density at radius 3 is 2.82 bits per heavy atom. The van der Waals surface area contributed by atoms with Crippen molar-refractivity contribution in [2.24, 2.45) is 0 Å². The van der Waals surface area contributed by atoms with Gasteiger partial charge in [-0.05, 0) is 19.9 Å². The lowest BCUT2D eigenvalue weighted by Crippen LogP contribution is -2.11. The molecule has 0 saturated heterocycles. The molecule has 0 radical (unpaired) electrons. The Balaban J connectivity index is 2.67. The van der Waals surface area contributed by atoms with E-state index in [0.29, 0.717) is 23.6 Å².